The molecule has 0 aliphatic heterocycles. The van der Waals surface area contributed by atoms with Crippen molar-refractivity contribution in [2.24, 2.45) is 10.9 Å². The Labute approximate surface area is 93.9 Å². The van der Waals surface area contributed by atoms with Crippen LogP contribution in [0.5, 0.6) is 11.5 Å². The van der Waals surface area contributed by atoms with E-state index in [4.69, 9.17) is 15.3 Å². The Kier molecular flexibility index (Phi) is 4.32. The van der Waals surface area contributed by atoms with Crippen molar-refractivity contribution in [3.8, 4) is 11.5 Å². The third kappa shape index (κ3) is 3.27. The number of hydrogen-bond acceptors (Lipinski definition) is 5. The van der Waals surface area contributed by atoms with Crippen LogP contribution in [0.3, 0.4) is 0 Å². The number of hydrogen-bond donors (Lipinski definition) is 1. The predicted molar refractivity (Wildman–Crippen MR) is 60.7 cm³/mol. The van der Waals surface area contributed by atoms with E-state index in [1.165, 1.54) is 13.1 Å². The molecule has 1 aromatic carbocycles. The lowest BCUT2D eigenvalue weighted by Gasteiger charge is -2.09. The van der Waals surface area contributed by atoms with Crippen molar-refractivity contribution < 1.29 is 14.3 Å². The summed E-state index contributed by atoms with van der Waals surface area (Å²) in [5.74, 6) is 5.55. The molecule has 16 heavy (non-hydrogen) atoms. The second-order valence-electron chi connectivity index (χ2n) is 3.01. The number of ether oxygens (including phenoxy) is 2. The summed E-state index contributed by atoms with van der Waals surface area (Å²) in [6.07, 6.45) is 1.49. The summed E-state index contributed by atoms with van der Waals surface area (Å²) < 4.78 is 10.3. The highest BCUT2D eigenvalue weighted by Crippen LogP contribution is 2.28. The summed E-state index contributed by atoms with van der Waals surface area (Å²) >= 11 is 0. The summed E-state index contributed by atoms with van der Waals surface area (Å²) in [5.41, 5.74) is 0.779. The Bertz CT molecular complexity index is 402. The Hall–Kier alpha value is -2.04. The molecule has 0 aliphatic rings. The largest absolute Gasteiger partial charge is 0.490 e. The number of carbonyl (C=O) groups is 1. The van der Waals surface area contributed by atoms with Crippen LogP contribution in [-0.4, -0.2) is 18.8 Å². The maximum atomic E-state index is 10.9. The number of carbonyl (C=O) groups excluding carboxylic acids is 1. The SMILES string of the molecule is CCOc1cc(C=NN)ccc1OC(C)=O. The van der Waals surface area contributed by atoms with Gasteiger partial charge in [0.15, 0.2) is 11.5 Å². The molecule has 86 valence electrons. The van der Waals surface area contributed by atoms with Crippen molar-refractivity contribution in [1.29, 1.82) is 0 Å². The molecule has 0 amide bonds. The molecule has 0 aromatic heterocycles. The number of rotatable bonds is 4. The molecule has 0 radical (unpaired) electrons. The van der Waals surface area contributed by atoms with Gasteiger partial charge >= 0.3 is 5.97 Å². The van der Waals surface area contributed by atoms with Crippen molar-refractivity contribution in [2.75, 3.05) is 6.61 Å². The van der Waals surface area contributed by atoms with Crippen LogP contribution >= 0.6 is 0 Å². The first-order chi connectivity index (χ1) is 7.67. The molecular weight excluding hydrogens is 208 g/mol. The summed E-state index contributed by atoms with van der Waals surface area (Å²) in [4.78, 5) is 10.9. The van der Waals surface area contributed by atoms with E-state index >= 15 is 0 Å². The van der Waals surface area contributed by atoms with Crippen molar-refractivity contribution in [3.05, 3.63) is 23.8 Å². The maximum absolute atomic E-state index is 10.9. The minimum absolute atomic E-state index is 0.388. The van der Waals surface area contributed by atoms with Crippen molar-refractivity contribution in [2.45, 2.75) is 13.8 Å². The van der Waals surface area contributed by atoms with Crippen molar-refractivity contribution >= 4 is 12.2 Å². The predicted octanol–water partition coefficient (Wildman–Crippen LogP) is 1.30. The van der Waals surface area contributed by atoms with Crippen LogP contribution in [-0.2, 0) is 4.79 Å². The van der Waals surface area contributed by atoms with Crippen LogP contribution in [0.1, 0.15) is 19.4 Å². The van der Waals surface area contributed by atoms with Gasteiger partial charge in [-0.15, -0.1) is 0 Å². The molecule has 0 spiro atoms. The second-order valence-corrected chi connectivity index (χ2v) is 3.01. The average Bonchev–Trinajstić information content (AvgIpc) is 2.22. The van der Waals surface area contributed by atoms with Crippen molar-refractivity contribution in [3.63, 3.8) is 0 Å². The first-order valence-electron chi connectivity index (χ1n) is 4.86. The fourth-order valence-electron chi connectivity index (χ4n) is 1.20. The zero-order valence-corrected chi connectivity index (χ0v) is 9.27. The van der Waals surface area contributed by atoms with E-state index in [0.29, 0.717) is 18.1 Å². The normalized spacial score (nSPS) is 10.4. The van der Waals surface area contributed by atoms with Crippen LogP contribution in [0, 0.1) is 0 Å². The van der Waals surface area contributed by atoms with Gasteiger partial charge in [0.1, 0.15) is 0 Å². The lowest BCUT2D eigenvalue weighted by atomic mass is 10.2. The summed E-state index contributed by atoms with van der Waals surface area (Å²) in [7, 11) is 0. The van der Waals surface area contributed by atoms with E-state index in [9.17, 15) is 4.79 Å². The van der Waals surface area contributed by atoms with Gasteiger partial charge in [-0.3, -0.25) is 4.79 Å². The molecule has 0 saturated carbocycles. The number of esters is 1. The van der Waals surface area contributed by atoms with E-state index in [0.717, 1.165) is 5.56 Å². The molecule has 1 rings (SSSR count). The smallest absolute Gasteiger partial charge is 0.308 e. The van der Waals surface area contributed by atoms with Gasteiger partial charge in [-0.2, -0.15) is 5.10 Å². The summed E-state index contributed by atoms with van der Waals surface area (Å²) in [6.45, 7) is 3.67. The summed E-state index contributed by atoms with van der Waals surface area (Å²) in [6, 6.07) is 5.08. The van der Waals surface area contributed by atoms with Gasteiger partial charge in [0.05, 0.1) is 12.8 Å². The van der Waals surface area contributed by atoms with Gasteiger partial charge in [0.25, 0.3) is 0 Å². The minimum Gasteiger partial charge on any atom is -0.490 e. The zero-order valence-electron chi connectivity index (χ0n) is 9.27. The number of nitrogens with two attached hydrogens (primary N) is 1. The Morgan fingerprint density at radius 3 is 2.81 bits per heavy atom. The Morgan fingerprint density at radius 1 is 1.50 bits per heavy atom. The highest BCUT2D eigenvalue weighted by atomic mass is 16.6. The molecule has 0 saturated heterocycles. The topological polar surface area (TPSA) is 73.9 Å². The molecule has 5 heteroatoms. The first kappa shape index (κ1) is 12.0. The van der Waals surface area contributed by atoms with E-state index in [1.54, 1.807) is 18.2 Å². The molecule has 0 fully saturated rings. The van der Waals surface area contributed by atoms with E-state index in [-0.39, 0.29) is 5.97 Å². The highest BCUT2D eigenvalue weighted by Gasteiger charge is 2.07. The lowest BCUT2D eigenvalue weighted by molar-refractivity contribution is -0.132. The molecule has 0 heterocycles. The molecule has 0 bridgehead atoms. The van der Waals surface area contributed by atoms with Crippen LogP contribution in [0.4, 0.5) is 0 Å². The van der Waals surface area contributed by atoms with Crippen LogP contribution in [0.25, 0.3) is 0 Å². The number of hydrazone groups is 1. The van der Waals surface area contributed by atoms with Crippen LogP contribution in [0.2, 0.25) is 0 Å². The van der Waals surface area contributed by atoms with Crippen LogP contribution < -0.4 is 15.3 Å². The number of nitrogens with zero attached hydrogens (tertiary/aromatic N) is 1. The molecule has 0 aliphatic carbocycles. The fraction of sp³-hybridized carbons (Fsp3) is 0.273. The molecule has 2 N–H and O–H groups in total. The quantitative estimate of drug-likeness (QED) is 0.274. The first-order valence-corrected chi connectivity index (χ1v) is 4.86. The molecular formula is C11H14N2O3. The van der Waals surface area contributed by atoms with E-state index in [1.807, 2.05) is 6.92 Å². The Balaban J connectivity index is 3.03. The highest BCUT2D eigenvalue weighted by molar-refractivity contribution is 5.81. The standard InChI is InChI=1S/C11H14N2O3/c1-3-15-11-6-9(7-13-12)4-5-10(11)16-8(2)14/h4-7H,3,12H2,1-2H3. The lowest BCUT2D eigenvalue weighted by Crippen LogP contribution is -2.04. The van der Waals surface area contributed by atoms with Gasteiger partial charge in [0, 0.05) is 6.92 Å². The third-order valence-electron chi connectivity index (χ3n) is 1.74. The number of benzene rings is 1. The minimum atomic E-state index is -0.388. The third-order valence-corrected chi connectivity index (χ3v) is 1.74. The molecule has 0 atom stereocenters. The van der Waals surface area contributed by atoms with Gasteiger partial charge in [0.2, 0.25) is 0 Å². The zero-order chi connectivity index (χ0) is 12.0. The Morgan fingerprint density at radius 2 is 2.25 bits per heavy atom. The van der Waals surface area contributed by atoms with Gasteiger partial charge in [-0.1, -0.05) is 0 Å². The molecule has 1 aromatic rings. The van der Waals surface area contributed by atoms with Gasteiger partial charge < -0.3 is 15.3 Å². The van der Waals surface area contributed by atoms with Gasteiger partial charge in [-0.25, -0.2) is 0 Å². The fourth-order valence-corrected chi connectivity index (χ4v) is 1.20. The molecule has 5 nitrogen and oxygen atoms in total. The van der Waals surface area contributed by atoms with E-state index < -0.39 is 0 Å². The second kappa shape index (κ2) is 5.75. The molecule has 0 unspecified atom stereocenters. The van der Waals surface area contributed by atoms with Crippen molar-refractivity contribution in [1.82, 2.24) is 0 Å². The van der Waals surface area contributed by atoms with E-state index in [2.05, 4.69) is 5.10 Å². The maximum Gasteiger partial charge on any atom is 0.308 e. The monoisotopic (exact) mass is 222 g/mol. The average molecular weight is 222 g/mol. The van der Waals surface area contributed by atoms with Crippen LogP contribution in [0.15, 0.2) is 23.3 Å². The summed E-state index contributed by atoms with van der Waals surface area (Å²) in [5, 5.41) is 3.41. The van der Waals surface area contributed by atoms with Gasteiger partial charge in [-0.05, 0) is 30.7 Å².